The first kappa shape index (κ1) is 14.5. The van der Waals surface area contributed by atoms with Crippen molar-refractivity contribution in [3.05, 3.63) is 29.8 Å². The van der Waals surface area contributed by atoms with E-state index in [9.17, 15) is 8.42 Å². The lowest BCUT2D eigenvalue weighted by Crippen LogP contribution is -2.40. The Labute approximate surface area is 116 Å². The molecule has 1 saturated carbocycles. The number of hydrogen-bond acceptors (Lipinski definition) is 2. The summed E-state index contributed by atoms with van der Waals surface area (Å²) in [4.78, 5) is 0.377. The van der Waals surface area contributed by atoms with Gasteiger partial charge in [-0.2, -0.15) is 0 Å². The second-order valence-corrected chi connectivity index (χ2v) is 7.20. The van der Waals surface area contributed by atoms with Gasteiger partial charge in [-0.1, -0.05) is 38.8 Å². The monoisotopic (exact) mass is 281 g/mol. The number of sulfonamides is 1. The normalized spacial score (nSPS) is 24.3. The number of hydrogen-bond donors (Lipinski definition) is 1. The van der Waals surface area contributed by atoms with Gasteiger partial charge in [-0.15, -0.1) is 0 Å². The molecule has 2 unspecified atom stereocenters. The van der Waals surface area contributed by atoms with Crippen molar-refractivity contribution in [1.29, 1.82) is 0 Å². The van der Waals surface area contributed by atoms with Gasteiger partial charge in [0.1, 0.15) is 0 Å². The van der Waals surface area contributed by atoms with Crippen LogP contribution in [0.4, 0.5) is 0 Å². The fraction of sp³-hybridized carbons (Fsp3) is 0.600. The van der Waals surface area contributed by atoms with Crippen molar-refractivity contribution in [2.75, 3.05) is 0 Å². The Balaban J connectivity index is 2.12. The molecule has 1 aliphatic carbocycles. The molecule has 19 heavy (non-hydrogen) atoms. The maximum Gasteiger partial charge on any atom is 0.240 e. The molecule has 0 spiro atoms. The molecule has 4 heteroatoms. The van der Waals surface area contributed by atoms with Crippen LogP contribution in [0.3, 0.4) is 0 Å². The third-order valence-corrected chi connectivity index (χ3v) is 5.57. The maximum absolute atomic E-state index is 12.3. The van der Waals surface area contributed by atoms with Crippen LogP contribution in [0.2, 0.25) is 0 Å². The summed E-state index contributed by atoms with van der Waals surface area (Å²) in [5.74, 6) is 0.429. The summed E-state index contributed by atoms with van der Waals surface area (Å²) in [5, 5.41) is 0. The van der Waals surface area contributed by atoms with E-state index >= 15 is 0 Å². The van der Waals surface area contributed by atoms with Crippen molar-refractivity contribution in [1.82, 2.24) is 4.72 Å². The SMILES string of the molecule is CCc1ccc(S(=O)(=O)NC2CCCCC2C)cc1. The van der Waals surface area contributed by atoms with E-state index in [2.05, 4.69) is 18.6 Å². The summed E-state index contributed by atoms with van der Waals surface area (Å²) in [6, 6.07) is 7.27. The van der Waals surface area contributed by atoms with Crippen LogP contribution >= 0.6 is 0 Å². The van der Waals surface area contributed by atoms with Crippen LogP contribution in [0.1, 0.15) is 45.1 Å². The molecule has 2 atom stereocenters. The molecular formula is C15H23NO2S. The molecule has 1 fully saturated rings. The molecule has 2 rings (SSSR count). The Hall–Kier alpha value is -0.870. The molecule has 0 aliphatic heterocycles. The quantitative estimate of drug-likeness (QED) is 0.921. The van der Waals surface area contributed by atoms with Crippen molar-refractivity contribution in [2.45, 2.75) is 56.9 Å². The minimum absolute atomic E-state index is 0.0876. The van der Waals surface area contributed by atoms with Crippen LogP contribution in [-0.2, 0) is 16.4 Å². The standard InChI is InChI=1S/C15H23NO2S/c1-3-13-8-10-14(11-9-13)19(17,18)16-15-7-5-4-6-12(15)2/h8-12,15-16H,3-7H2,1-2H3. The van der Waals surface area contributed by atoms with Gasteiger partial charge in [-0.05, 0) is 42.9 Å². The van der Waals surface area contributed by atoms with Crippen LogP contribution < -0.4 is 4.72 Å². The van der Waals surface area contributed by atoms with Gasteiger partial charge in [0.15, 0.2) is 0 Å². The zero-order chi connectivity index (χ0) is 13.9. The van der Waals surface area contributed by atoms with Gasteiger partial charge < -0.3 is 0 Å². The van der Waals surface area contributed by atoms with Crippen LogP contribution in [0.5, 0.6) is 0 Å². The summed E-state index contributed by atoms with van der Waals surface area (Å²) < 4.78 is 27.5. The molecule has 3 nitrogen and oxygen atoms in total. The van der Waals surface area contributed by atoms with Crippen LogP contribution in [0, 0.1) is 5.92 Å². The third kappa shape index (κ3) is 3.57. The van der Waals surface area contributed by atoms with Gasteiger partial charge in [0.2, 0.25) is 10.0 Å². The van der Waals surface area contributed by atoms with E-state index in [-0.39, 0.29) is 6.04 Å². The summed E-state index contributed by atoms with van der Waals surface area (Å²) in [6.07, 6.45) is 5.32. The smallest absolute Gasteiger partial charge is 0.208 e. The Bertz CT molecular complexity index is 507. The zero-order valence-corrected chi connectivity index (χ0v) is 12.5. The van der Waals surface area contributed by atoms with Crippen molar-refractivity contribution in [3.8, 4) is 0 Å². The molecule has 0 aromatic heterocycles. The lowest BCUT2D eigenvalue weighted by Gasteiger charge is -2.29. The van der Waals surface area contributed by atoms with E-state index in [4.69, 9.17) is 0 Å². The molecule has 1 aromatic rings. The zero-order valence-electron chi connectivity index (χ0n) is 11.7. The van der Waals surface area contributed by atoms with Crippen molar-refractivity contribution < 1.29 is 8.42 Å². The van der Waals surface area contributed by atoms with Crippen LogP contribution in [0.15, 0.2) is 29.2 Å². The highest BCUT2D eigenvalue weighted by molar-refractivity contribution is 7.89. The molecule has 0 heterocycles. The van der Waals surface area contributed by atoms with Crippen molar-refractivity contribution in [3.63, 3.8) is 0 Å². The summed E-state index contributed by atoms with van der Waals surface area (Å²) in [6.45, 7) is 4.19. The average molecular weight is 281 g/mol. The van der Waals surface area contributed by atoms with E-state index in [1.165, 1.54) is 6.42 Å². The fourth-order valence-electron chi connectivity index (χ4n) is 2.66. The predicted molar refractivity (Wildman–Crippen MR) is 77.6 cm³/mol. The third-order valence-electron chi connectivity index (χ3n) is 4.06. The van der Waals surface area contributed by atoms with Gasteiger partial charge in [-0.25, -0.2) is 13.1 Å². The Kier molecular flexibility index (Phi) is 4.63. The lowest BCUT2D eigenvalue weighted by atomic mass is 9.87. The number of rotatable bonds is 4. The van der Waals surface area contributed by atoms with E-state index in [1.54, 1.807) is 12.1 Å². The summed E-state index contributed by atoms with van der Waals surface area (Å²) in [7, 11) is -3.37. The fourth-order valence-corrected chi connectivity index (χ4v) is 4.04. The minimum atomic E-state index is -3.37. The summed E-state index contributed by atoms with van der Waals surface area (Å²) in [5.41, 5.74) is 1.16. The topological polar surface area (TPSA) is 46.2 Å². The number of nitrogens with one attached hydrogen (secondary N) is 1. The summed E-state index contributed by atoms with van der Waals surface area (Å²) >= 11 is 0. The second-order valence-electron chi connectivity index (χ2n) is 5.49. The van der Waals surface area contributed by atoms with Crippen molar-refractivity contribution >= 4 is 10.0 Å². The molecule has 1 N–H and O–H groups in total. The molecule has 0 saturated heterocycles. The molecule has 1 aliphatic rings. The largest absolute Gasteiger partial charge is 0.240 e. The second kappa shape index (κ2) is 6.06. The highest BCUT2D eigenvalue weighted by atomic mass is 32.2. The maximum atomic E-state index is 12.3. The van der Waals surface area contributed by atoms with Crippen LogP contribution in [-0.4, -0.2) is 14.5 Å². The van der Waals surface area contributed by atoms with E-state index in [0.29, 0.717) is 10.8 Å². The van der Waals surface area contributed by atoms with Gasteiger partial charge in [0.05, 0.1) is 4.90 Å². The molecule has 106 valence electrons. The molecular weight excluding hydrogens is 258 g/mol. The average Bonchev–Trinajstić information content (AvgIpc) is 2.41. The predicted octanol–water partition coefficient (Wildman–Crippen LogP) is 3.11. The van der Waals surface area contributed by atoms with Crippen molar-refractivity contribution in [2.24, 2.45) is 5.92 Å². The highest BCUT2D eigenvalue weighted by Crippen LogP contribution is 2.25. The van der Waals surface area contributed by atoms with E-state index < -0.39 is 10.0 Å². The van der Waals surface area contributed by atoms with E-state index in [0.717, 1.165) is 31.2 Å². The Morgan fingerprint density at radius 2 is 1.79 bits per heavy atom. The Morgan fingerprint density at radius 1 is 1.16 bits per heavy atom. The first-order valence-corrected chi connectivity index (χ1v) is 8.62. The van der Waals surface area contributed by atoms with Gasteiger partial charge >= 0.3 is 0 Å². The minimum Gasteiger partial charge on any atom is -0.208 e. The van der Waals surface area contributed by atoms with Gasteiger partial charge in [0, 0.05) is 6.04 Å². The first-order chi connectivity index (χ1) is 9.03. The Morgan fingerprint density at radius 3 is 2.37 bits per heavy atom. The number of benzene rings is 1. The van der Waals surface area contributed by atoms with Gasteiger partial charge in [0.25, 0.3) is 0 Å². The number of aryl methyl sites for hydroxylation is 1. The highest BCUT2D eigenvalue weighted by Gasteiger charge is 2.26. The molecule has 1 aromatic carbocycles. The van der Waals surface area contributed by atoms with Crippen LogP contribution in [0.25, 0.3) is 0 Å². The first-order valence-electron chi connectivity index (χ1n) is 7.14. The molecule has 0 radical (unpaired) electrons. The molecule has 0 amide bonds. The van der Waals surface area contributed by atoms with Gasteiger partial charge in [-0.3, -0.25) is 0 Å². The molecule has 0 bridgehead atoms. The van der Waals surface area contributed by atoms with E-state index in [1.807, 2.05) is 12.1 Å². The lowest BCUT2D eigenvalue weighted by molar-refractivity contribution is 0.310.